The Morgan fingerprint density at radius 2 is 1.20 bits per heavy atom. The van der Waals surface area contributed by atoms with Gasteiger partial charge in [-0.1, -0.05) is 140 Å². The first-order valence-corrected chi connectivity index (χ1v) is 22.9. The monoisotopic (exact) mass is 796 g/mol. The van der Waals surface area contributed by atoms with Crippen molar-refractivity contribution in [2.75, 3.05) is 47.5 Å². The molecule has 0 aromatic rings. The van der Waals surface area contributed by atoms with E-state index in [1.807, 2.05) is 27.2 Å². The maximum Gasteiger partial charge on any atom is 0.306 e. The number of unbranched alkanes of at least 4 members (excludes halogenated alkanes) is 13. The molecule has 0 radical (unpaired) electrons. The Morgan fingerprint density at radius 1 is 0.673 bits per heavy atom. The van der Waals surface area contributed by atoms with Gasteiger partial charge in [-0.3, -0.25) is 14.2 Å². The quantitative estimate of drug-likeness (QED) is 0.0151. The fourth-order valence-electron chi connectivity index (χ4n) is 5.79. The number of nitrogens with zero attached hydrogens (tertiary/aromatic N) is 1. The second-order valence-corrected chi connectivity index (χ2v) is 17.1. The molecule has 1 heterocycles. The summed E-state index contributed by atoms with van der Waals surface area (Å²) in [4.78, 5) is 37.5. The number of esters is 2. The molecule has 1 rings (SSSR count). The molecule has 4 atom stereocenters. The number of allylic oxidation sites excluding steroid dienone is 6. The summed E-state index contributed by atoms with van der Waals surface area (Å²) < 4.78 is 39.6. The zero-order valence-corrected chi connectivity index (χ0v) is 36.2. The van der Waals surface area contributed by atoms with Crippen molar-refractivity contribution in [3.05, 3.63) is 48.6 Å². The molecule has 0 saturated carbocycles. The predicted octanol–water partition coefficient (Wildman–Crippen LogP) is 10.3. The number of hydrogen-bond donors (Lipinski definition) is 0. The van der Waals surface area contributed by atoms with E-state index in [4.69, 9.17) is 23.3 Å². The van der Waals surface area contributed by atoms with Crippen LogP contribution in [0.3, 0.4) is 0 Å². The first-order valence-electron chi connectivity index (χ1n) is 21.5. The maximum absolute atomic E-state index is 12.7. The van der Waals surface area contributed by atoms with E-state index in [0.29, 0.717) is 23.9 Å². The zero-order chi connectivity index (χ0) is 40.5. The first kappa shape index (κ1) is 50.9. The molecule has 11 heteroatoms. The molecule has 318 valence electrons. The lowest BCUT2D eigenvalue weighted by Gasteiger charge is -2.28. The molecule has 0 N–H and O–H groups in total. The minimum absolute atomic E-state index is 0.0453. The van der Waals surface area contributed by atoms with Gasteiger partial charge in [0.15, 0.2) is 6.10 Å². The van der Waals surface area contributed by atoms with E-state index in [2.05, 4.69) is 56.4 Å². The van der Waals surface area contributed by atoms with Crippen LogP contribution in [0.15, 0.2) is 48.6 Å². The highest BCUT2D eigenvalue weighted by atomic mass is 31.2. The molecule has 0 spiro atoms. The van der Waals surface area contributed by atoms with Crippen LogP contribution in [0, 0.1) is 0 Å². The lowest BCUT2D eigenvalue weighted by atomic mass is 10.0. The summed E-state index contributed by atoms with van der Waals surface area (Å²) in [5, 5.41) is 0. The number of quaternary nitrogens is 1. The Labute approximate surface area is 335 Å². The normalized spacial score (nSPS) is 17.8. The van der Waals surface area contributed by atoms with Crippen molar-refractivity contribution in [2.45, 2.75) is 173 Å². The van der Waals surface area contributed by atoms with Gasteiger partial charge < -0.3 is 32.6 Å². The van der Waals surface area contributed by atoms with Crippen LogP contribution >= 0.6 is 7.82 Å². The summed E-state index contributed by atoms with van der Waals surface area (Å²) in [6, 6.07) is 0. The second-order valence-electron chi connectivity index (χ2n) is 15.7. The van der Waals surface area contributed by atoms with Crippen molar-refractivity contribution in [2.24, 2.45) is 0 Å². The Bertz CT molecular complexity index is 1150. The number of phosphoric acid groups is 1. The summed E-state index contributed by atoms with van der Waals surface area (Å²) >= 11 is 0. The van der Waals surface area contributed by atoms with E-state index in [1.165, 1.54) is 64.2 Å². The van der Waals surface area contributed by atoms with Gasteiger partial charge in [0, 0.05) is 12.8 Å². The largest absolute Gasteiger partial charge is 0.756 e. The van der Waals surface area contributed by atoms with E-state index in [-0.39, 0.29) is 38.3 Å². The standard InChI is InChI=1S/C44H78NO9P/c1-6-8-10-12-14-16-17-18-19-21-23-25-30-34-43(46)50-38-40(39-52-55(48,49)51-37-36-45(3,4)5)53-44(47)35-31-27-26-29-33-42-41(54-42)32-28-24-22-20-15-13-11-9-7-2/h9,11,15,20,24,26,28-29,40-42H,6-8,10,12-14,16-19,21-23,25,27,30-39H2,1-5H3/b11-9-,20-15-,28-24-,29-26-. The van der Waals surface area contributed by atoms with Crippen molar-refractivity contribution in [3.63, 3.8) is 0 Å². The van der Waals surface area contributed by atoms with E-state index >= 15 is 0 Å². The third-order valence-electron chi connectivity index (χ3n) is 9.27. The van der Waals surface area contributed by atoms with Crippen molar-refractivity contribution in [1.29, 1.82) is 0 Å². The van der Waals surface area contributed by atoms with Gasteiger partial charge in [-0.25, -0.2) is 0 Å². The summed E-state index contributed by atoms with van der Waals surface area (Å²) in [5.74, 6) is -0.911. The number of epoxide rings is 1. The third kappa shape index (κ3) is 33.8. The van der Waals surface area contributed by atoms with Crippen LogP contribution in [-0.2, 0) is 37.4 Å². The lowest BCUT2D eigenvalue weighted by Crippen LogP contribution is -2.37. The molecular weight excluding hydrogens is 717 g/mol. The van der Waals surface area contributed by atoms with E-state index in [1.54, 1.807) is 0 Å². The molecule has 0 amide bonds. The van der Waals surface area contributed by atoms with Gasteiger partial charge in [-0.15, -0.1) is 0 Å². The van der Waals surface area contributed by atoms with E-state index in [0.717, 1.165) is 51.4 Å². The SMILES string of the molecule is CC/C=C\C/C=C\C/C=C\CC1OC1C/C=C\CCCC(=O)OC(COC(=O)CCCCCCCCCCCCCCC)COP(=O)([O-])OCC[N+](C)(C)C. The highest BCUT2D eigenvalue weighted by Gasteiger charge is 2.36. The number of carbonyl (C=O) groups is 2. The molecule has 1 aliphatic rings. The third-order valence-corrected chi connectivity index (χ3v) is 10.2. The van der Waals surface area contributed by atoms with Gasteiger partial charge in [0.05, 0.1) is 40.0 Å². The Balaban J connectivity index is 2.35. The molecule has 0 aliphatic carbocycles. The molecular formula is C44H78NO9P. The summed E-state index contributed by atoms with van der Waals surface area (Å²) in [6.45, 7) is 4.02. The van der Waals surface area contributed by atoms with Crippen LogP contribution in [0.1, 0.15) is 155 Å². The van der Waals surface area contributed by atoms with Crippen LogP contribution < -0.4 is 4.89 Å². The highest BCUT2D eigenvalue weighted by molar-refractivity contribution is 7.45. The maximum atomic E-state index is 12.7. The average Bonchev–Trinajstić information content (AvgIpc) is 3.89. The van der Waals surface area contributed by atoms with Crippen LogP contribution in [0.2, 0.25) is 0 Å². The second kappa shape index (κ2) is 33.0. The number of rotatable bonds is 37. The topological polar surface area (TPSA) is 124 Å². The number of phosphoric ester groups is 1. The molecule has 0 aromatic heterocycles. The number of hydrogen-bond acceptors (Lipinski definition) is 9. The zero-order valence-electron chi connectivity index (χ0n) is 35.3. The van der Waals surface area contributed by atoms with Crippen molar-refractivity contribution >= 4 is 19.8 Å². The van der Waals surface area contributed by atoms with E-state index in [9.17, 15) is 19.0 Å². The fourth-order valence-corrected chi connectivity index (χ4v) is 6.52. The predicted molar refractivity (Wildman–Crippen MR) is 221 cm³/mol. The van der Waals surface area contributed by atoms with Crippen LogP contribution in [0.25, 0.3) is 0 Å². The number of carbonyl (C=O) groups excluding carboxylic acids is 2. The van der Waals surface area contributed by atoms with Gasteiger partial charge in [0.2, 0.25) is 0 Å². The minimum atomic E-state index is -4.64. The summed E-state index contributed by atoms with van der Waals surface area (Å²) in [6.07, 6.45) is 38.8. The molecule has 1 fully saturated rings. The Kier molecular flexibility index (Phi) is 30.5. The highest BCUT2D eigenvalue weighted by Crippen LogP contribution is 2.38. The van der Waals surface area contributed by atoms with E-state index < -0.39 is 32.5 Å². The average molecular weight is 796 g/mol. The van der Waals surface area contributed by atoms with Crippen molar-refractivity contribution < 1.29 is 46.8 Å². The minimum Gasteiger partial charge on any atom is -0.756 e. The van der Waals surface area contributed by atoms with Crippen LogP contribution in [-0.4, -0.2) is 82.2 Å². The number of likely N-dealkylation sites (N-methyl/N-ethyl adjacent to an activating group) is 1. The van der Waals surface area contributed by atoms with Crippen LogP contribution in [0.4, 0.5) is 0 Å². The van der Waals surface area contributed by atoms with Crippen molar-refractivity contribution in [1.82, 2.24) is 0 Å². The fraction of sp³-hybridized carbons (Fsp3) is 0.773. The molecule has 1 aliphatic heterocycles. The van der Waals surface area contributed by atoms with Gasteiger partial charge in [0.25, 0.3) is 7.82 Å². The smallest absolute Gasteiger partial charge is 0.306 e. The van der Waals surface area contributed by atoms with Crippen LogP contribution in [0.5, 0.6) is 0 Å². The van der Waals surface area contributed by atoms with Crippen molar-refractivity contribution in [3.8, 4) is 0 Å². The lowest BCUT2D eigenvalue weighted by molar-refractivity contribution is -0.870. The molecule has 0 bridgehead atoms. The molecule has 1 saturated heterocycles. The molecule has 10 nitrogen and oxygen atoms in total. The van der Waals surface area contributed by atoms with Gasteiger partial charge >= 0.3 is 11.9 Å². The van der Waals surface area contributed by atoms with Gasteiger partial charge in [-0.2, -0.15) is 0 Å². The summed E-state index contributed by atoms with van der Waals surface area (Å²) in [5.41, 5.74) is 0. The molecule has 4 unspecified atom stereocenters. The number of ether oxygens (including phenoxy) is 3. The first-order chi connectivity index (χ1) is 26.5. The Hall–Kier alpha value is -2.07. The van der Waals surface area contributed by atoms with Gasteiger partial charge in [0.1, 0.15) is 19.8 Å². The Morgan fingerprint density at radius 3 is 1.78 bits per heavy atom. The molecule has 55 heavy (non-hydrogen) atoms. The van der Waals surface area contributed by atoms with Gasteiger partial charge in [-0.05, 0) is 51.4 Å². The summed E-state index contributed by atoms with van der Waals surface area (Å²) in [7, 11) is 1.12. The molecule has 0 aromatic carbocycles.